The Labute approximate surface area is 202 Å². The number of hydrogen-bond acceptors (Lipinski definition) is 8. The van der Waals surface area contributed by atoms with E-state index >= 15 is 0 Å². The molecule has 1 aliphatic heterocycles. The molecular weight excluding hydrogens is 561 g/mol. The molecule has 33 heavy (non-hydrogen) atoms. The second kappa shape index (κ2) is 8.45. The summed E-state index contributed by atoms with van der Waals surface area (Å²) < 4.78 is 36.3. The van der Waals surface area contributed by atoms with Crippen LogP contribution in [0.1, 0.15) is 11.8 Å². The molecule has 5 N–H and O–H groups in total. The lowest BCUT2D eigenvalue weighted by Crippen LogP contribution is -2.39. The van der Waals surface area contributed by atoms with Crippen LogP contribution in [0, 0.1) is 3.57 Å². The van der Waals surface area contributed by atoms with Gasteiger partial charge in [0, 0.05) is 10.1 Å². The molecule has 1 saturated heterocycles. The third-order valence-electron chi connectivity index (χ3n) is 5.72. The molecule has 0 spiro atoms. The number of anilines is 1. The lowest BCUT2D eigenvalue weighted by Gasteiger charge is -2.15. The van der Waals surface area contributed by atoms with Gasteiger partial charge in [0.2, 0.25) is 10.0 Å². The highest BCUT2D eigenvalue weighted by molar-refractivity contribution is 14.1. The van der Waals surface area contributed by atoms with E-state index < -0.39 is 34.4 Å². The minimum Gasteiger partial charge on any atom is -0.388 e. The highest BCUT2D eigenvalue weighted by Gasteiger charge is 2.45. The predicted molar refractivity (Wildman–Crippen MR) is 129 cm³/mol. The van der Waals surface area contributed by atoms with E-state index in [0.29, 0.717) is 11.2 Å². The van der Waals surface area contributed by atoms with Crippen LogP contribution < -0.4 is 10.5 Å². The maximum atomic E-state index is 12.8. The number of halogens is 1. The average molecular weight is 581 g/mol. The first-order valence-corrected chi connectivity index (χ1v) is 12.6. The maximum Gasteiger partial charge on any atom is 0.240 e. The van der Waals surface area contributed by atoms with Crippen LogP contribution in [0.2, 0.25) is 0 Å². The molecule has 0 unspecified atom stereocenters. The van der Waals surface area contributed by atoms with Crippen molar-refractivity contribution in [1.29, 1.82) is 0 Å². The summed E-state index contributed by atoms with van der Waals surface area (Å²) in [5, 5.41) is 27.1. The van der Waals surface area contributed by atoms with Crippen LogP contribution in [0.15, 0.2) is 59.8 Å². The predicted octanol–water partition coefficient (Wildman–Crippen LogP) is 1.21. The number of nitrogen functional groups attached to an aromatic ring is 1. The largest absolute Gasteiger partial charge is 0.388 e. The molecule has 4 aromatic rings. The molecule has 5 rings (SSSR count). The Balaban J connectivity index is 1.36. The zero-order valence-electron chi connectivity index (χ0n) is 17.0. The Morgan fingerprint density at radius 1 is 1.12 bits per heavy atom. The SMILES string of the molecule is Nc1ncnn2c([C@@H]3O[C@H](CNS(=O)(=O)c4ccc5ccccc5c4)[C@@H](O)[C@H]3O)cc(I)c12. The molecule has 1 fully saturated rings. The number of nitrogens with zero attached hydrogens (tertiary/aromatic N) is 3. The first kappa shape index (κ1) is 22.4. The monoisotopic (exact) mass is 581 g/mol. The van der Waals surface area contributed by atoms with Crippen molar-refractivity contribution in [3.63, 3.8) is 0 Å². The summed E-state index contributed by atoms with van der Waals surface area (Å²) in [5.41, 5.74) is 6.99. The van der Waals surface area contributed by atoms with Gasteiger partial charge in [-0.25, -0.2) is 22.6 Å². The van der Waals surface area contributed by atoms with E-state index in [0.717, 1.165) is 14.3 Å². The number of hydrogen-bond donors (Lipinski definition) is 4. The number of benzene rings is 2. The van der Waals surface area contributed by atoms with Gasteiger partial charge in [0.05, 0.1) is 10.6 Å². The zero-order chi connectivity index (χ0) is 23.3. The number of nitrogens with two attached hydrogens (primary N) is 1. The van der Waals surface area contributed by atoms with Gasteiger partial charge in [-0.05, 0) is 51.6 Å². The lowest BCUT2D eigenvalue weighted by atomic mass is 10.1. The minimum atomic E-state index is -3.86. The van der Waals surface area contributed by atoms with Gasteiger partial charge >= 0.3 is 0 Å². The summed E-state index contributed by atoms with van der Waals surface area (Å²) in [5.74, 6) is 0.272. The third kappa shape index (κ3) is 3.96. The van der Waals surface area contributed by atoms with Crippen molar-refractivity contribution in [2.75, 3.05) is 12.3 Å². The van der Waals surface area contributed by atoms with E-state index in [-0.39, 0.29) is 17.3 Å². The molecule has 10 nitrogen and oxygen atoms in total. The lowest BCUT2D eigenvalue weighted by molar-refractivity contribution is 0.00679. The Kier molecular flexibility index (Phi) is 5.74. The van der Waals surface area contributed by atoms with Gasteiger partial charge in [-0.2, -0.15) is 5.10 Å². The third-order valence-corrected chi connectivity index (χ3v) is 7.97. The van der Waals surface area contributed by atoms with E-state index in [1.54, 1.807) is 18.2 Å². The average Bonchev–Trinajstić information content (AvgIpc) is 3.29. The maximum absolute atomic E-state index is 12.8. The smallest absolute Gasteiger partial charge is 0.240 e. The van der Waals surface area contributed by atoms with Gasteiger partial charge in [0.25, 0.3) is 0 Å². The molecular formula is C21H20IN5O5S. The number of fused-ring (bicyclic) bond motifs is 2. The standard InChI is InChI=1S/C21H20IN5O5S/c22-14-8-15(27-17(14)21(23)24-10-25-27)20-19(29)18(28)16(32-20)9-26-33(30,31)13-6-5-11-3-1-2-4-12(11)7-13/h1-8,10,16,18-20,26,28-29H,9H2,(H2,23,24,25)/t16-,18-,19-,20+/m1/s1. The second-order valence-electron chi connectivity index (χ2n) is 7.76. The molecule has 172 valence electrons. The minimum absolute atomic E-state index is 0.102. The molecule has 1 aliphatic rings. The Hall–Kier alpha value is -2.36. The van der Waals surface area contributed by atoms with Gasteiger partial charge in [-0.3, -0.25) is 0 Å². The summed E-state index contributed by atoms with van der Waals surface area (Å²) in [7, 11) is -3.86. The van der Waals surface area contributed by atoms with Gasteiger partial charge in [0.1, 0.15) is 36.3 Å². The fourth-order valence-electron chi connectivity index (χ4n) is 4.02. The number of aliphatic hydroxyl groups excluding tert-OH is 2. The Morgan fingerprint density at radius 3 is 2.67 bits per heavy atom. The Bertz CT molecular complexity index is 1460. The van der Waals surface area contributed by atoms with Crippen molar-refractivity contribution >= 4 is 54.7 Å². The quantitative estimate of drug-likeness (QED) is 0.257. The highest BCUT2D eigenvalue weighted by Crippen LogP contribution is 2.36. The van der Waals surface area contributed by atoms with E-state index in [1.165, 1.54) is 16.9 Å². The van der Waals surface area contributed by atoms with Gasteiger partial charge in [-0.15, -0.1) is 0 Å². The molecule has 3 heterocycles. The summed E-state index contributed by atoms with van der Waals surface area (Å²) in [6.45, 7) is -0.221. The molecule has 0 saturated carbocycles. The van der Waals surface area contributed by atoms with Crippen LogP contribution in [0.3, 0.4) is 0 Å². The molecule has 0 aliphatic carbocycles. The van der Waals surface area contributed by atoms with Crippen molar-refractivity contribution in [1.82, 2.24) is 19.3 Å². The van der Waals surface area contributed by atoms with Crippen LogP contribution in [0.25, 0.3) is 16.3 Å². The van der Waals surface area contributed by atoms with Crippen molar-refractivity contribution in [2.45, 2.75) is 29.3 Å². The first-order chi connectivity index (χ1) is 15.8. The fourth-order valence-corrected chi connectivity index (χ4v) is 5.92. The molecule has 4 atom stereocenters. The van der Waals surface area contributed by atoms with E-state index in [4.69, 9.17) is 10.5 Å². The van der Waals surface area contributed by atoms with Gasteiger partial charge < -0.3 is 20.7 Å². The van der Waals surface area contributed by atoms with Gasteiger partial charge in [0.15, 0.2) is 5.82 Å². The molecule has 2 aromatic heterocycles. The summed E-state index contributed by atoms with van der Waals surface area (Å²) >= 11 is 2.08. The van der Waals surface area contributed by atoms with Crippen molar-refractivity contribution in [3.05, 3.63) is 64.1 Å². The molecule has 12 heteroatoms. The molecule has 0 amide bonds. The number of aliphatic hydroxyl groups is 2. The van der Waals surface area contributed by atoms with E-state index in [1.807, 2.05) is 24.3 Å². The van der Waals surface area contributed by atoms with E-state index in [9.17, 15) is 18.6 Å². The molecule has 0 radical (unpaired) electrons. The topological polar surface area (TPSA) is 152 Å². The van der Waals surface area contributed by atoms with Crippen LogP contribution in [0.4, 0.5) is 5.82 Å². The normalized spacial score (nSPS) is 23.5. The van der Waals surface area contributed by atoms with Crippen LogP contribution in [-0.4, -0.2) is 58.1 Å². The number of rotatable bonds is 5. The van der Waals surface area contributed by atoms with Crippen LogP contribution in [0.5, 0.6) is 0 Å². The van der Waals surface area contributed by atoms with Gasteiger partial charge in [-0.1, -0.05) is 30.3 Å². The van der Waals surface area contributed by atoms with Crippen molar-refractivity contribution < 1.29 is 23.4 Å². The van der Waals surface area contributed by atoms with E-state index in [2.05, 4.69) is 37.4 Å². The summed E-state index contributed by atoms with van der Waals surface area (Å²) in [6.07, 6.45) is -3.21. The molecule has 2 aromatic carbocycles. The first-order valence-electron chi connectivity index (χ1n) is 10.0. The fraction of sp³-hybridized carbons (Fsp3) is 0.238. The highest BCUT2D eigenvalue weighted by atomic mass is 127. The Morgan fingerprint density at radius 2 is 1.88 bits per heavy atom. The van der Waals surface area contributed by atoms with Crippen molar-refractivity contribution in [3.8, 4) is 0 Å². The zero-order valence-corrected chi connectivity index (χ0v) is 20.0. The summed E-state index contributed by atoms with van der Waals surface area (Å²) in [4.78, 5) is 4.07. The second-order valence-corrected chi connectivity index (χ2v) is 10.7. The number of sulfonamides is 1. The number of ether oxygens (including phenoxy) is 1. The van der Waals surface area contributed by atoms with Crippen LogP contribution in [-0.2, 0) is 14.8 Å². The van der Waals surface area contributed by atoms with Crippen molar-refractivity contribution in [2.24, 2.45) is 0 Å². The number of aromatic nitrogens is 3. The van der Waals surface area contributed by atoms with Crippen LogP contribution >= 0.6 is 22.6 Å². The number of nitrogens with one attached hydrogen (secondary N) is 1. The summed E-state index contributed by atoms with van der Waals surface area (Å²) in [6, 6.07) is 14.0. The molecule has 0 bridgehead atoms.